The van der Waals surface area contributed by atoms with Gasteiger partial charge >= 0.3 is 0 Å². The first-order valence-electron chi connectivity index (χ1n) is 9.03. The van der Waals surface area contributed by atoms with Gasteiger partial charge in [0, 0.05) is 36.0 Å². The smallest absolute Gasteiger partial charge is 0.250 e. The van der Waals surface area contributed by atoms with Crippen molar-refractivity contribution in [1.82, 2.24) is 30.2 Å². The number of anilines is 2. The maximum Gasteiger partial charge on any atom is 0.250 e. The number of fused-ring (bicyclic) bond motifs is 1. The molecule has 140 valence electrons. The van der Waals surface area contributed by atoms with E-state index < -0.39 is 0 Å². The van der Waals surface area contributed by atoms with Crippen LogP contribution >= 0.6 is 15.9 Å². The SMILES string of the molecule is Brc1ccc2ncnc(N3CCN(c4nnnn4-c4ccccc4)CC3)c2c1. The molecule has 4 aromatic rings. The molecular formula is C19H17BrN8. The summed E-state index contributed by atoms with van der Waals surface area (Å²) in [6, 6.07) is 16.0. The molecule has 0 amide bonds. The van der Waals surface area contributed by atoms with Crippen LogP contribution in [0.5, 0.6) is 0 Å². The van der Waals surface area contributed by atoms with Gasteiger partial charge in [0.25, 0.3) is 0 Å². The molecule has 0 bridgehead atoms. The minimum atomic E-state index is 0.765. The van der Waals surface area contributed by atoms with Gasteiger partial charge in [-0.3, -0.25) is 0 Å². The largest absolute Gasteiger partial charge is 0.352 e. The summed E-state index contributed by atoms with van der Waals surface area (Å²) in [5.74, 6) is 1.73. The number of tetrazole rings is 1. The molecule has 2 aromatic carbocycles. The Morgan fingerprint density at radius 1 is 0.857 bits per heavy atom. The molecule has 28 heavy (non-hydrogen) atoms. The van der Waals surface area contributed by atoms with E-state index in [4.69, 9.17) is 0 Å². The van der Waals surface area contributed by atoms with Crippen LogP contribution in [0.1, 0.15) is 0 Å². The van der Waals surface area contributed by atoms with E-state index in [1.807, 2.05) is 42.5 Å². The first kappa shape index (κ1) is 17.1. The van der Waals surface area contributed by atoms with Gasteiger partial charge in [-0.1, -0.05) is 39.2 Å². The maximum atomic E-state index is 4.55. The lowest BCUT2D eigenvalue weighted by Gasteiger charge is -2.35. The first-order valence-corrected chi connectivity index (χ1v) is 9.83. The van der Waals surface area contributed by atoms with Crippen LogP contribution in [0.4, 0.5) is 11.8 Å². The molecule has 0 saturated carbocycles. The fraction of sp³-hybridized carbons (Fsp3) is 0.211. The molecule has 8 nitrogen and oxygen atoms in total. The molecule has 1 aliphatic heterocycles. The summed E-state index contributed by atoms with van der Waals surface area (Å²) in [6.07, 6.45) is 1.63. The molecule has 0 unspecified atom stereocenters. The van der Waals surface area contributed by atoms with Crippen molar-refractivity contribution in [3.05, 3.63) is 59.3 Å². The first-order chi connectivity index (χ1) is 13.8. The average Bonchev–Trinajstić information content (AvgIpc) is 3.24. The van der Waals surface area contributed by atoms with E-state index in [0.29, 0.717) is 0 Å². The summed E-state index contributed by atoms with van der Waals surface area (Å²) < 4.78 is 2.81. The van der Waals surface area contributed by atoms with Crippen molar-refractivity contribution >= 4 is 38.6 Å². The van der Waals surface area contributed by atoms with E-state index in [1.165, 1.54) is 0 Å². The molecule has 1 aliphatic rings. The summed E-state index contributed by atoms with van der Waals surface area (Å²) in [5, 5.41) is 13.4. The maximum absolute atomic E-state index is 4.55. The number of benzene rings is 2. The van der Waals surface area contributed by atoms with Crippen LogP contribution in [0.25, 0.3) is 16.6 Å². The summed E-state index contributed by atoms with van der Waals surface area (Å²) >= 11 is 3.55. The predicted molar refractivity (Wildman–Crippen MR) is 111 cm³/mol. The van der Waals surface area contributed by atoms with Crippen LogP contribution in [0.2, 0.25) is 0 Å². The van der Waals surface area contributed by atoms with Gasteiger partial charge in [-0.2, -0.15) is 4.68 Å². The Morgan fingerprint density at radius 3 is 2.46 bits per heavy atom. The van der Waals surface area contributed by atoms with E-state index in [0.717, 1.165) is 59.0 Å². The standard InChI is InChI=1S/C19H17BrN8/c20-14-6-7-17-16(12-14)18(22-13-21-17)26-8-10-27(11-9-26)19-23-24-25-28(19)15-4-2-1-3-5-15/h1-7,12-13H,8-11H2. The summed E-state index contributed by atoms with van der Waals surface area (Å²) in [4.78, 5) is 13.4. The Morgan fingerprint density at radius 2 is 1.64 bits per heavy atom. The van der Waals surface area contributed by atoms with Gasteiger partial charge in [0.1, 0.15) is 12.1 Å². The molecule has 9 heteroatoms. The van der Waals surface area contributed by atoms with Crippen LogP contribution in [-0.4, -0.2) is 56.4 Å². The van der Waals surface area contributed by atoms with E-state index >= 15 is 0 Å². The number of hydrogen-bond acceptors (Lipinski definition) is 7. The van der Waals surface area contributed by atoms with E-state index in [9.17, 15) is 0 Å². The number of nitrogens with zero attached hydrogens (tertiary/aromatic N) is 8. The van der Waals surface area contributed by atoms with Crippen molar-refractivity contribution in [3.63, 3.8) is 0 Å². The zero-order valence-electron chi connectivity index (χ0n) is 15.0. The highest BCUT2D eigenvalue weighted by Crippen LogP contribution is 2.27. The summed E-state index contributed by atoms with van der Waals surface area (Å²) in [6.45, 7) is 3.29. The van der Waals surface area contributed by atoms with E-state index in [2.05, 4.69) is 57.3 Å². The molecule has 0 spiro atoms. The second kappa shape index (κ2) is 7.16. The summed E-state index contributed by atoms with van der Waals surface area (Å²) in [5.41, 5.74) is 1.90. The second-order valence-electron chi connectivity index (χ2n) is 6.56. The van der Waals surface area contributed by atoms with Gasteiger partial charge in [0.05, 0.1) is 11.2 Å². The molecule has 0 radical (unpaired) electrons. The third-order valence-corrected chi connectivity index (χ3v) is 5.39. The van der Waals surface area contributed by atoms with Gasteiger partial charge in [0.15, 0.2) is 0 Å². The Kier molecular flexibility index (Phi) is 4.36. The average molecular weight is 437 g/mol. The topological polar surface area (TPSA) is 75.9 Å². The highest BCUT2D eigenvalue weighted by atomic mass is 79.9. The Hall–Kier alpha value is -3.07. The van der Waals surface area contributed by atoms with Gasteiger partial charge in [0.2, 0.25) is 5.95 Å². The molecule has 3 heterocycles. The van der Waals surface area contributed by atoms with Crippen molar-refractivity contribution in [3.8, 4) is 5.69 Å². The Labute approximate surface area is 169 Å². The number of para-hydroxylation sites is 1. The number of rotatable bonds is 3. The van der Waals surface area contributed by atoms with Crippen LogP contribution in [-0.2, 0) is 0 Å². The zero-order valence-corrected chi connectivity index (χ0v) is 16.6. The molecule has 2 aromatic heterocycles. The lowest BCUT2D eigenvalue weighted by Crippen LogP contribution is -2.47. The van der Waals surface area contributed by atoms with Crippen molar-refractivity contribution in [2.24, 2.45) is 0 Å². The highest BCUT2D eigenvalue weighted by molar-refractivity contribution is 9.10. The van der Waals surface area contributed by atoms with Crippen LogP contribution in [0.3, 0.4) is 0 Å². The Bertz CT molecular complexity index is 1110. The fourth-order valence-corrected chi connectivity index (χ4v) is 3.86. The molecule has 1 fully saturated rings. The van der Waals surface area contributed by atoms with Gasteiger partial charge in [-0.05, 0) is 40.8 Å². The molecular weight excluding hydrogens is 420 g/mol. The number of halogens is 1. The molecule has 1 saturated heterocycles. The van der Waals surface area contributed by atoms with Gasteiger partial charge < -0.3 is 9.80 Å². The number of hydrogen-bond donors (Lipinski definition) is 0. The van der Waals surface area contributed by atoms with Crippen LogP contribution < -0.4 is 9.80 Å². The minimum absolute atomic E-state index is 0.765. The third kappa shape index (κ3) is 3.07. The fourth-order valence-electron chi connectivity index (χ4n) is 3.50. The van der Waals surface area contributed by atoms with Crippen LogP contribution in [0.15, 0.2) is 59.3 Å². The predicted octanol–water partition coefficient (Wildman–Crippen LogP) is 2.69. The lowest BCUT2D eigenvalue weighted by molar-refractivity contribution is 0.628. The lowest BCUT2D eigenvalue weighted by atomic mass is 10.2. The van der Waals surface area contributed by atoms with Crippen molar-refractivity contribution in [2.45, 2.75) is 0 Å². The van der Waals surface area contributed by atoms with Crippen molar-refractivity contribution in [1.29, 1.82) is 0 Å². The van der Waals surface area contributed by atoms with E-state index in [-0.39, 0.29) is 0 Å². The summed E-state index contributed by atoms with van der Waals surface area (Å²) in [7, 11) is 0. The van der Waals surface area contributed by atoms with Crippen LogP contribution in [0, 0.1) is 0 Å². The Balaban J connectivity index is 1.39. The quantitative estimate of drug-likeness (QED) is 0.488. The minimum Gasteiger partial charge on any atom is -0.352 e. The number of aromatic nitrogens is 6. The highest BCUT2D eigenvalue weighted by Gasteiger charge is 2.24. The zero-order chi connectivity index (χ0) is 18.9. The van der Waals surface area contributed by atoms with Gasteiger partial charge in [-0.25, -0.2) is 9.97 Å². The molecule has 5 rings (SSSR count). The molecule has 0 aliphatic carbocycles. The molecule has 0 atom stereocenters. The van der Waals surface area contributed by atoms with Crippen molar-refractivity contribution in [2.75, 3.05) is 36.0 Å². The van der Waals surface area contributed by atoms with Gasteiger partial charge in [-0.15, -0.1) is 0 Å². The normalized spacial score (nSPS) is 14.6. The molecule has 0 N–H and O–H groups in total. The van der Waals surface area contributed by atoms with Crippen molar-refractivity contribution < 1.29 is 0 Å². The second-order valence-corrected chi connectivity index (χ2v) is 7.47. The van der Waals surface area contributed by atoms with E-state index in [1.54, 1.807) is 11.0 Å². The number of piperazine rings is 1. The third-order valence-electron chi connectivity index (χ3n) is 4.89. The monoisotopic (exact) mass is 436 g/mol.